The van der Waals surface area contributed by atoms with Crippen molar-refractivity contribution in [3.05, 3.63) is 83.9 Å². The van der Waals surface area contributed by atoms with Gasteiger partial charge in [-0.2, -0.15) is 0 Å². The fourth-order valence-corrected chi connectivity index (χ4v) is 5.50. The van der Waals surface area contributed by atoms with Gasteiger partial charge in [0.25, 0.3) is 5.91 Å². The quantitative estimate of drug-likeness (QED) is 0.128. The minimum atomic E-state index is -0.759. The van der Waals surface area contributed by atoms with Gasteiger partial charge in [-0.25, -0.2) is 0 Å². The van der Waals surface area contributed by atoms with E-state index in [9.17, 15) is 9.59 Å². The Hall–Kier alpha value is -4.69. The van der Waals surface area contributed by atoms with Crippen molar-refractivity contribution in [3.8, 4) is 5.75 Å². The van der Waals surface area contributed by atoms with E-state index in [1.165, 1.54) is 6.92 Å². The number of methoxy groups -OCH3 is 3. The number of hydrogen-bond donors (Lipinski definition) is 3. The molecule has 2 atom stereocenters. The number of aryl methyl sites for hydroxylation is 1. The zero-order chi connectivity index (χ0) is 36.5. The van der Waals surface area contributed by atoms with Gasteiger partial charge in [0.05, 0.1) is 76.6 Å². The Labute approximate surface area is 294 Å². The molecule has 13 nitrogen and oxygen atoms in total. The summed E-state index contributed by atoms with van der Waals surface area (Å²) in [7, 11) is 4.87. The van der Waals surface area contributed by atoms with Crippen molar-refractivity contribution in [2.24, 2.45) is 11.3 Å². The molecule has 13 heteroatoms. The maximum atomic E-state index is 12.7. The number of nitrogens with zero attached hydrogens (tertiary/aromatic N) is 2. The van der Waals surface area contributed by atoms with Crippen LogP contribution < -0.4 is 31.3 Å². The van der Waals surface area contributed by atoms with Crippen molar-refractivity contribution in [2.45, 2.75) is 26.8 Å². The molecule has 3 aromatic rings. The summed E-state index contributed by atoms with van der Waals surface area (Å²) in [6, 6.07) is 23.2. The van der Waals surface area contributed by atoms with E-state index < -0.39 is 5.41 Å². The molecule has 4 N–H and O–H groups in total. The van der Waals surface area contributed by atoms with Gasteiger partial charge in [-0.1, -0.05) is 31.2 Å². The van der Waals surface area contributed by atoms with Crippen molar-refractivity contribution in [1.29, 1.82) is 0 Å². The fraction of sp³-hybridized carbons (Fsp3) is 0.432. The Balaban J connectivity index is 0.000000252. The lowest BCUT2D eigenvalue weighted by atomic mass is 9.90. The van der Waals surface area contributed by atoms with Crippen LogP contribution in [0.5, 0.6) is 5.75 Å². The number of carbonyl (C=O) groups is 3. The van der Waals surface area contributed by atoms with E-state index in [-0.39, 0.29) is 37.0 Å². The summed E-state index contributed by atoms with van der Waals surface area (Å²) >= 11 is 0. The second kappa shape index (κ2) is 20.1. The third kappa shape index (κ3) is 10.9. The number of ether oxygens (including phenoxy) is 5. The molecule has 0 saturated carbocycles. The Kier molecular flexibility index (Phi) is 16.0. The van der Waals surface area contributed by atoms with Crippen molar-refractivity contribution >= 4 is 35.2 Å². The van der Waals surface area contributed by atoms with Gasteiger partial charge in [-0.3, -0.25) is 30.5 Å². The number of hydrogen-bond acceptors (Lipinski definition) is 11. The zero-order valence-corrected chi connectivity index (χ0v) is 29.8. The highest BCUT2D eigenvalue weighted by Crippen LogP contribution is 2.37. The van der Waals surface area contributed by atoms with Crippen molar-refractivity contribution in [1.82, 2.24) is 10.9 Å². The standard InChI is InChI=1S/C18H28N2O5.C17H19N3O2.C2H4O/c1-15-5-4-6-16(11-15)20-12-18(17(21)19-20,13-24-9-7-22-2)14-25-10-8-23-3;1-11-16(12-4-3-5-13(18)10-12)20(19-17(11)21)14-6-8-15(22-2)9-7-14;1-2-3/h4-6,11H,7-10,12-14H2,1-3H3,(H,19,21);3-11,16H,18H2,1-2H3,(H,19,21);2H,1H3. The maximum absolute atomic E-state index is 12.7. The monoisotopic (exact) mass is 693 g/mol. The molecule has 2 aliphatic heterocycles. The lowest BCUT2D eigenvalue weighted by molar-refractivity contribution is -0.135. The molecule has 0 aromatic heterocycles. The normalized spacial score (nSPS) is 17.6. The number of rotatable bonds is 14. The number of nitrogen functional groups attached to an aromatic ring is 1. The van der Waals surface area contributed by atoms with Crippen LogP contribution in [0.15, 0.2) is 72.8 Å². The number of carbonyl (C=O) groups excluding carboxylic acids is 3. The number of amides is 2. The summed E-state index contributed by atoms with van der Waals surface area (Å²) in [4.78, 5) is 33.7. The second-order valence-electron chi connectivity index (χ2n) is 11.9. The lowest BCUT2D eigenvalue weighted by Crippen LogP contribution is -2.42. The van der Waals surface area contributed by atoms with Gasteiger partial charge in [-0.05, 0) is 73.5 Å². The first-order valence-electron chi connectivity index (χ1n) is 16.4. The lowest BCUT2D eigenvalue weighted by Gasteiger charge is -2.27. The van der Waals surface area contributed by atoms with Crippen LogP contribution in [0.2, 0.25) is 0 Å². The van der Waals surface area contributed by atoms with E-state index in [0.29, 0.717) is 38.7 Å². The number of nitrogens with two attached hydrogens (primary N) is 1. The van der Waals surface area contributed by atoms with E-state index in [1.807, 2.05) is 96.7 Å². The number of aldehydes is 1. The van der Waals surface area contributed by atoms with Crippen LogP contribution >= 0.6 is 0 Å². The van der Waals surface area contributed by atoms with Crippen LogP contribution in [0.4, 0.5) is 17.1 Å². The predicted molar refractivity (Wildman–Crippen MR) is 193 cm³/mol. The number of hydrazine groups is 2. The molecular formula is C37H51N5O8. The highest BCUT2D eigenvalue weighted by molar-refractivity contribution is 5.88. The molecule has 0 bridgehead atoms. The third-order valence-corrected chi connectivity index (χ3v) is 8.11. The second-order valence-corrected chi connectivity index (χ2v) is 11.9. The highest BCUT2D eigenvalue weighted by Gasteiger charge is 2.47. The van der Waals surface area contributed by atoms with Gasteiger partial charge in [0.15, 0.2) is 0 Å². The average molecular weight is 694 g/mol. The molecule has 272 valence electrons. The van der Waals surface area contributed by atoms with E-state index >= 15 is 0 Å². The molecule has 0 radical (unpaired) electrons. The Morgan fingerprint density at radius 1 is 0.860 bits per heavy atom. The molecule has 0 spiro atoms. The smallest absolute Gasteiger partial charge is 0.251 e. The van der Waals surface area contributed by atoms with Crippen molar-refractivity contribution < 1.29 is 38.1 Å². The molecule has 2 aliphatic rings. The van der Waals surface area contributed by atoms with Gasteiger partial charge in [0.1, 0.15) is 17.5 Å². The highest BCUT2D eigenvalue weighted by atomic mass is 16.5. The molecule has 2 amide bonds. The van der Waals surface area contributed by atoms with E-state index in [0.717, 1.165) is 34.5 Å². The molecule has 2 heterocycles. The first kappa shape index (κ1) is 39.7. The average Bonchev–Trinajstić information content (AvgIpc) is 3.60. The van der Waals surface area contributed by atoms with Gasteiger partial charge >= 0.3 is 0 Å². The van der Waals surface area contributed by atoms with Crippen LogP contribution in [0.3, 0.4) is 0 Å². The summed E-state index contributed by atoms with van der Waals surface area (Å²) in [6.45, 7) is 8.28. The summed E-state index contributed by atoms with van der Waals surface area (Å²) in [5.41, 5.74) is 15.7. The minimum absolute atomic E-state index is 0.00300. The van der Waals surface area contributed by atoms with Crippen LogP contribution in [-0.2, 0) is 33.3 Å². The first-order chi connectivity index (χ1) is 24.1. The van der Waals surface area contributed by atoms with Crippen LogP contribution in [0, 0.1) is 18.3 Å². The Morgan fingerprint density at radius 2 is 1.48 bits per heavy atom. The summed E-state index contributed by atoms with van der Waals surface area (Å²) < 4.78 is 26.5. The molecule has 3 aromatic carbocycles. The van der Waals surface area contributed by atoms with Gasteiger partial charge in [0.2, 0.25) is 5.91 Å². The molecular weight excluding hydrogens is 642 g/mol. The van der Waals surface area contributed by atoms with Crippen LogP contribution in [0.25, 0.3) is 0 Å². The van der Waals surface area contributed by atoms with Crippen LogP contribution in [-0.4, -0.2) is 85.6 Å². The molecule has 2 unspecified atom stereocenters. The van der Waals surface area contributed by atoms with Crippen molar-refractivity contribution in [3.63, 3.8) is 0 Å². The number of nitrogens with one attached hydrogen (secondary N) is 2. The maximum Gasteiger partial charge on any atom is 0.251 e. The summed E-state index contributed by atoms with van der Waals surface area (Å²) in [5, 5.41) is 3.75. The topological polar surface area (TPSA) is 154 Å². The first-order valence-corrected chi connectivity index (χ1v) is 16.4. The largest absolute Gasteiger partial charge is 0.497 e. The van der Waals surface area contributed by atoms with E-state index in [2.05, 4.69) is 10.9 Å². The van der Waals surface area contributed by atoms with Gasteiger partial charge in [0, 0.05) is 19.9 Å². The minimum Gasteiger partial charge on any atom is -0.497 e. The summed E-state index contributed by atoms with van der Waals surface area (Å²) in [5.74, 6) is 0.527. The molecule has 2 fully saturated rings. The summed E-state index contributed by atoms with van der Waals surface area (Å²) in [6.07, 6.45) is 0.750. The Morgan fingerprint density at radius 3 is 2.04 bits per heavy atom. The van der Waals surface area contributed by atoms with Crippen molar-refractivity contribution in [2.75, 3.05) is 83.3 Å². The number of benzene rings is 3. The SMILES string of the molecule is CC=O.COCCOCC1(COCCOC)CN(c2cccc(C)c2)NC1=O.COc1ccc(N2NC(=O)C(C)C2c2cccc(N)c2)cc1. The van der Waals surface area contributed by atoms with Crippen LogP contribution in [0.1, 0.15) is 31.0 Å². The predicted octanol–water partition coefficient (Wildman–Crippen LogP) is 3.87. The molecule has 0 aliphatic carbocycles. The number of anilines is 3. The van der Waals surface area contributed by atoms with E-state index in [1.54, 1.807) is 21.3 Å². The molecule has 50 heavy (non-hydrogen) atoms. The Bertz CT molecular complexity index is 1490. The third-order valence-electron chi connectivity index (χ3n) is 8.11. The molecule has 2 saturated heterocycles. The van der Waals surface area contributed by atoms with Gasteiger partial charge in [-0.15, -0.1) is 0 Å². The zero-order valence-electron chi connectivity index (χ0n) is 29.8. The fourth-order valence-electron chi connectivity index (χ4n) is 5.50. The van der Waals surface area contributed by atoms with E-state index in [4.69, 9.17) is 34.2 Å². The molecule has 5 rings (SSSR count). The van der Waals surface area contributed by atoms with Gasteiger partial charge < -0.3 is 34.2 Å².